The maximum absolute atomic E-state index is 11.9. The molecule has 0 atom stereocenters. The summed E-state index contributed by atoms with van der Waals surface area (Å²) in [5.74, 6) is -0.0497. The quantitative estimate of drug-likeness (QED) is 0.438. The summed E-state index contributed by atoms with van der Waals surface area (Å²) in [5, 5.41) is 19.3. The average Bonchev–Trinajstić information content (AvgIpc) is 2.43. The molecule has 1 aromatic rings. The van der Waals surface area contributed by atoms with Crippen LogP contribution in [0.4, 0.5) is 5.69 Å². The maximum atomic E-state index is 11.9. The second kappa shape index (κ2) is 7.60. The van der Waals surface area contributed by atoms with E-state index in [4.69, 9.17) is 5.11 Å². The number of Topliss-reactive ketones (excluding diaryl/α,β-unsaturated/α-hetero) is 1. The molecule has 0 aromatic heterocycles. The fourth-order valence-corrected chi connectivity index (χ4v) is 1.74. The molecule has 0 bridgehead atoms. The molecule has 0 aliphatic carbocycles. The minimum Gasteiger partial charge on any atom is -0.395 e. The second-order valence-electron chi connectivity index (χ2n) is 4.14. The number of likely N-dealkylation sites (N-methyl/N-ethyl adjacent to an activating group) is 1. The smallest absolute Gasteiger partial charge is 0.269 e. The van der Waals surface area contributed by atoms with Crippen LogP contribution in [0.15, 0.2) is 24.3 Å². The van der Waals surface area contributed by atoms with E-state index in [1.807, 2.05) is 11.8 Å². The molecule has 0 radical (unpaired) electrons. The van der Waals surface area contributed by atoms with Crippen LogP contribution in [0.25, 0.3) is 0 Å². The summed E-state index contributed by atoms with van der Waals surface area (Å²) in [6.07, 6.45) is 0.339. The summed E-state index contributed by atoms with van der Waals surface area (Å²) in [5.41, 5.74) is 0.456. The molecular weight excluding hydrogens is 248 g/mol. The van der Waals surface area contributed by atoms with Gasteiger partial charge in [-0.15, -0.1) is 0 Å². The average molecular weight is 266 g/mol. The number of nitro benzene ring substituents is 1. The number of hydrogen-bond acceptors (Lipinski definition) is 5. The van der Waals surface area contributed by atoms with E-state index in [-0.39, 0.29) is 18.1 Å². The molecule has 104 valence electrons. The summed E-state index contributed by atoms with van der Waals surface area (Å²) < 4.78 is 0. The van der Waals surface area contributed by atoms with Crippen molar-refractivity contribution in [3.05, 3.63) is 39.9 Å². The van der Waals surface area contributed by atoms with Gasteiger partial charge in [-0.25, -0.2) is 0 Å². The lowest BCUT2D eigenvalue weighted by molar-refractivity contribution is -0.384. The Balaban J connectivity index is 2.55. The van der Waals surface area contributed by atoms with Crippen molar-refractivity contribution in [3.63, 3.8) is 0 Å². The molecule has 0 amide bonds. The number of aliphatic hydroxyl groups excluding tert-OH is 1. The third-order valence-electron chi connectivity index (χ3n) is 2.92. The Morgan fingerprint density at radius 3 is 2.42 bits per heavy atom. The number of benzene rings is 1. The molecule has 19 heavy (non-hydrogen) atoms. The molecule has 1 aromatic carbocycles. The monoisotopic (exact) mass is 266 g/mol. The van der Waals surface area contributed by atoms with Gasteiger partial charge in [0.1, 0.15) is 0 Å². The highest BCUT2D eigenvalue weighted by atomic mass is 16.6. The van der Waals surface area contributed by atoms with Gasteiger partial charge in [-0.2, -0.15) is 0 Å². The summed E-state index contributed by atoms with van der Waals surface area (Å²) in [6, 6.07) is 5.61. The minimum atomic E-state index is -0.492. The van der Waals surface area contributed by atoms with E-state index < -0.39 is 4.92 Å². The van der Waals surface area contributed by atoms with Gasteiger partial charge in [0.15, 0.2) is 5.78 Å². The Bertz CT molecular complexity index is 431. The number of aliphatic hydroxyl groups is 1. The number of nitrogens with zero attached hydrogens (tertiary/aromatic N) is 2. The van der Waals surface area contributed by atoms with E-state index in [0.717, 1.165) is 6.54 Å². The number of ketones is 1. The topological polar surface area (TPSA) is 83.7 Å². The standard InChI is InChI=1S/C13H18N2O4/c1-2-14(9-10-16)8-7-13(17)11-3-5-12(6-4-11)15(18)19/h3-6,16H,2,7-10H2,1H3. The van der Waals surface area contributed by atoms with Crippen molar-refractivity contribution in [3.8, 4) is 0 Å². The van der Waals surface area contributed by atoms with Crippen molar-refractivity contribution in [2.45, 2.75) is 13.3 Å². The predicted octanol–water partition coefficient (Wildman–Crippen LogP) is 1.48. The van der Waals surface area contributed by atoms with Gasteiger partial charge in [0.2, 0.25) is 0 Å². The molecule has 0 fully saturated rings. The first kappa shape index (κ1) is 15.3. The molecule has 6 nitrogen and oxygen atoms in total. The van der Waals surface area contributed by atoms with Crippen LogP contribution in [0.5, 0.6) is 0 Å². The lowest BCUT2D eigenvalue weighted by atomic mass is 10.1. The van der Waals surface area contributed by atoms with Gasteiger partial charge < -0.3 is 10.0 Å². The third kappa shape index (κ3) is 4.76. The van der Waals surface area contributed by atoms with E-state index in [2.05, 4.69) is 0 Å². The second-order valence-corrected chi connectivity index (χ2v) is 4.14. The maximum Gasteiger partial charge on any atom is 0.269 e. The normalized spacial score (nSPS) is 10.7. The fourth-order valence-electron chi connectivity index (χ4n) is 1.74. The number of carbonyl (C=O) groups is 1. The Labute approximate surface area is 111 Å². The van der Waals surface area contributed by atoms with Crippen molar-refractivity contribution in [2.75, 3.05) is 26.2 Å². The highest BCUT2D eigenvalue weighted by Crippen LogP contribution is 2.13. The highest BCUT2D eigenvalue weighted by Gasteiger charge is 2.11. The first-order valence-corrected chi connectivity index (χ1v) is 6.19. The van der Waals surface area contributed by atoms with Gasteiger partial charge in [-0.1, -0.05) is 6.92 Å². The highest BCUT2D eigenvalue weighted by molar-refractivity contribution is 5.96. The van der Waals surface area contributed by atoms with E-state index >= 15 is 0 Å². The van der Waals surface area contributed by atoms with Gasteiger partial charge >= 0.3 is 0 Å². The zero-order valence-electron chi connectivity index (χ0n) is 10.9. The Hall–Kier alpha value is -1.79. The molecule has 0 spiro atoms. The minimum absolute atomic E-state index is 0.0213. The van der Waals surface area contributed by atoms with Crippen LogP contribution in [0.2, 0.25) is 0 Å². The van der Waals surface area contributed by atoms with Crippen molar-refractivity contribution in [1.82, 2.24) is 4.90 Å². The molecule has 1 rings (SSSR count). The van der Waals surface area contributed by atoms with Gasteiger partial charge in [0.05, 0.1) is 11.5 Å². The van der Waals surface area contributed by atoms with Gasteiger partial charge in [0.25, 0.3) is 5.69 Å². The van der Waals surface area contributed by atoms with Gasteiger partial charge in [-0.3, -0.25) is 14.9 Å². The van der Waals surface area contributed by atoms with Crippen LogP contribution in [-0.4, -0.2) is 47.0 Å². The fraction of sp³-hybridized carbons (Fsp3) is 0.462. The lowest BCUT2D eigenvalue weighted by Crippen LogP contribution is -2.29. The van der Waals surface area contributed by atoms with Crippen molar-refractivity contribution < 1.29 is 14.8 Å². The first-order valence-electron chi connectivity index (χ1n) is 6.19. The Morgan fingerprint density at radius 2 is 1.95 bits per heavy atom. The van der Waals surface area contributed by atoms with Gasteiger partial charge in [-0.05, 0) is 18.7 Å². The van der Waals surface area contributed by atoms with Crippen LogP contribution < -0.4 is 0 Å². The van der Waals surface area contributed by atoms with Crippen LogP contribution in [0.3, 0.4) is 0 Å². The number of non-ortho nitro benzene ring substituents is 1. The molecule has 0 saturated heterocycles. The first-order chi connectivity index (χ1) is 9.08. The number of carbonyl (C=O) groups excluding carboxylic acids is 1. The van der Waals surface area contributed by atoms with Gasteiger partial charge in [0, 0.05) is 37.2 Å². The lowest BCUT2D eigenvalue weighted by Gasteiger charge is -2.18. The zero-order chi connectivity index (χ0) is 14.3. The van der Waals surface area contributed by atoms with Crippen LogP contribution in [0, 0.1) is 10.1 Å². The van der Waals surface area contributed by atoms with Crippen molar-refractivity contribution >= 4 is 11.5 Å². The summed E-state index contributed by atoms with van der Waals surface area (Å²) in [4.78, 5) is 23.9. The van der Waals surface area contributed by atoms with E-state index in [0.29, 0.717) is 25.1 Å². The molecule has 0 unspecified atom stereocenters. The van der Waals surface area contributed by atoms with E-state index in [9.17, 15) is 14.9 Å². The van der Waals surface area contributed by atoms with Crippen LogP contribution in [-0.2, 0) is 0 Å². The summed E-state index contributed by atoms with van der Waals surface area (Å²) >= 11 is 0. The van der Waals surface area contributed by atoms with Crippen LogP contribution in [0.1, 0.15) is 23.7 Å². The third-order valence-corrected chi connectivity index (χ3v) is 2.92. The van der Waals surface area contributed by atoms with E-state index in [1.54, 1.807) is 0 Å². The molecule has 0 aliphatic rings. The predicted molar refractivity (Wildman–Crippen MR) is 71.2 cm³/mol. The summed E-state index contributed by atoms with van der Waals surface area (Å²) in [6.45, 7) is 3.93. The van der Waals surface area contributed by atoms with Crippen LogP contribution >= 0.6 is 0 Å². The molecule has 6 heteroatoms. The molecule has 1 N–H and O–H groups in total. The van der Waals surface area contributed by atoms with E-state index in [1.165, 1.54) is 24.3 Å². The number of rotatable bonds is 8. The molecule has 0 aliphatic heterocycles. The van der Waals surface area contributed by atoms with Crippen molar-refractivity contribution in [1.29, 1.82) is 0 Å². The SMILES string of the molecule is CCN(CCO)CCC(=O)c1ccc([N+](=O)[O-])cc1. The largest absolute Gasteiger partial charge is 0.395 e. The molecule has 0 saturated carbocycles. The molecule has 0 heterocycles. The number of hydrogen-bond donors (Lipinski definition) is 1. The van der Waals surface area contributed by atoms with Crippen molar-refractivity contribution in [2.24, 2.45) is 0 Å². The summed E-state index contributed by atoms with van der Waals surface area (Å²) in [7, 11) is 0. The molecular formula is C13H18N2O4. The Kier molecular flexibility index (Phi) is 6.11. The number of nitro groups is 1. The Morgan fingerprint density at radius 1 is 1.32 bits per heavy atom. The zero-order valence-corrected chi connectivity index (χ0v) is 10.9.